The van der Waals surface area contributed by atoms with Crippen molar-refractivity contribution in [3.8, 4) is 0 Å². The van der Waals surface area contributed by atoms with Crippen molar-refractivity contribution in [1.82, 2.24) is 13.7 Å². The molecule has 0 saturated heterocycles. The van der Waals surface area contributed by atoms with Crippen LogP contribution in [0.4, 0.5) is 0 Å². The predicted octanol–water partition coefficient (Wildman–Crippen LogP) is 1.62. The molecule has 0 bridgehead atoms. The lowest BCUT2D eigenvalue weighted by atomic mass is 10.5. The lowest BCUT2D eigenvalue weighted by molar-refractivity contribution is -0.144. The van der Waals surface area contributed by atoms with Gasteiger partial charge in [0.15, 0.2) is 0 Å². The third kappa shape index (κ3) is 14.0. The van der Waals surface area contributed by atoms with Gasteiger partial charge in [-0.15, -0.1) is 0 Å². The number of carbonyl (C=O) groups is 3. The number of hydrogen-bond donors (Lipinski definition) is 0. The Morgan fingerprint density at radius 3 is 1.18 bits per heavy atom. The summed E-state index contributed by atoms with van der Waals surface area (Å²) in [7, 11) is 0. The highest BCUT2D eigenvalue weighted by molar-refractivity contribution is 8.00. The van der Waals surface area contributed by atoms with Crippen molar-refractivity contribution in [3.05, 3.63) is 31.5 Å². The van der Waals surface area contributed by atoms with E-state index in [0.29, 0.717) is 27.8 Å². The Balaban J connectivity index is 3.00. The van der Waals surface area contributed by atoms with E-state index >= 15 is 0 Å². The summed E-state index contributed by atoms with van der Waals surface area (Å²) in [4.78, 5) is 74.9. The monoisotopic (exact) mass is 623 g/mol. The Morgan fingerprint density at radius 2 is 0.900 bits per heavy atom. The largest absolute Gasteiger partial charge is 0.464 e. The zero-order valence-corrected chi connectivity index (χ0v) is 26.3. The number of carbonyl (C=O) groups excluding carboxylic acids is 3. The van der Waals surface area contributed by atoms with Crippen LogP contribution < -0.4 is 17.1 Å². The number of hydrogen-bond acceptors (Lipinski definition) is 12. The third-order valence-electron chi connectivity index (χ3n) is 5.14. The molecule has 0 aliphatic carbocycles. The second-order valence-corrected chi connectivity index (χ2v) is 13.4. The molecule has 0 unspecified atom stereocenters. The van der Waals surface area contributed by atoms with E-state index in [1.807, 2.05) is 34.0 Å². The van der Waals surface area contributed by atoms with E-state index in [2.05, 4.69) is 0 Å². The van der Waals surface area contributed by atoms with E-state index in [4.69, 9.17) is 14.2 Å². The van der Waals surface area contributed by atoms with Gasteiger partial charge in [0.1, 0.15) is 19.8 Å². The first-order valence-corrected chi connectivity index (χ1v) is 16.6. The lowest BCUT2D eigenvalue weighted by Crippen LogP contribution is -2.55. The van der Waals surface area contributed by atoms with Crippen molar-refractivity contribution in [2.45, 2.75) is 77.1 Å². The molecule has 0 atom stereocenters. The molecule has 0 saturated carbocycles. The Bertz CT molecular complexity index is 1060. The van der Waals surface area contributed by atoms with Crippen LogP contribution in [-0.2, 0) is 48.2 Å². The summed E-state index contributed by atoms with van der Waals surface area (Å²) in [6.45, 7) is 6.49. The molecule has 0 aliphatic heterocycles. The Kier molecular flexibility index (Phi) is 17.8. The number of thioether (sulfide) groups is 3. The number of aromatic nitrogens is 3. The third-order valence-corrected chi connectivity index (χ3v) is 7.97. The quantitative estimate of drug-likeness (QED) is 0.154. The minimum Gasteiger partial charge on any atom is -0.464 e. The first kappa shape index (κ1) is 35.9. The van der Waals surface area contributed by atoms with Gasteiger partial charge in [-0.1, -0.05) is 27.7 Å². The van der Waals surface area contributed by atoms with E-state index in [9.17, 15) is 28.8 Å². The molecule has 228 valence electrons. The molecule has 0 spiro atoms. The van der Waals surface area contributed by atoms with E-state index in [1.165, 1.54) is 11.8 Å². The first-order chi connectivity index (χ1) is 19.0. The molecular formula is C25H41N3O9S3. The maximum absolute atomic E-state index is 13.0. The van der Waals surface area contributed by atoms with Crippen LogP contribution in [-0.4, -0.2) is 85.4 Å². The fourth-order valence-corrected chi connectivity index (χ4v) is 5.05. The smallest absolute Gasteiger partial charge is 0.336 e. The van der Waals surface area contributed by atoms with Gasteiger partial charge in [-0.05, 0) is 16.8 Å². The van der Waals surface area contributed by atoms with Crippen LogP contribution in [0.1, 0.15) is 47.0 Å². The fraction of sp³-hybridized carbons (Fsp3) is 0.760. The van der Waals surface area contributed by atoms with E-state index in [1.54, 1.807) is 23.5 Å². The normalized spacial score (nSPS) is 11.2. The maximum Gasteiger partial charge on any atom is 0.336 e. The Labute approximate surface area is 246 Å². The molecule has 0 fully saturated rings. The summed E-state index contributed by atoms with van der Waals surface area (Å²) < 4.78 is 17.8. The molecule has 0 aromatic carbocycles. The Hall–Kier alpha value is -2.13. The van der Waals surface area contributed by atoms with Crippen molar-refractivity contribution < 1.29 is 28.6 Å². The van der Waals surface area contributed by atoms with Crippen LogP contribution in [0.2, 0.25) is 0 Å². The number of ether oxygens (including phenoxy) is 3. The van der Waals surface area contributed by atoms with Gasteiger partial charge in [0.05, 0.1) is 38.9 Å². The number of rotatable bonds is 20. The van der Waals surface area contributed by atoms with E-state index in [-0.39, 0.29) is 58.7 Å². The minimum atomic E-state index is -0.916. The van der Waals surface area contributed by atoms with Crippen LogP contribution in [0.25, 0.3) is 0 Å². The van der Waals surface area contributed by atoms with Gasteiger partial charge in [-0.25, -0.2) is 28.1 Å². The van der Waals surface area contributed by atoms with Gasteiger partial charge < -0.3 is 14.2 Å². The number of esters is 3. The van der Waals surface area contributed by atoms with Crippen molar-refractivity contribution in [3.63, 3.8) is 0 Å². The summed E-state index contributed by atoms with van der Waals surface area (Å²) in [6.07, 6.45) is 2.40. The van der Waals surface area contributed by atoms with Crippen molar-refractivity contribution in [2.24, 2.45) is 0 Å². The van der Waals surface area contributed by atoms with Gasteiger partial charge in [0, 0.05) is 17.3 Å². The molecule has 40 heavy (non-hydrogen) atoms. The molecule has 15 heteroatoms. The molecule has 0 amide bonds. The molecule has 1 aromatic heterocycles. The van der Waals surface area contributed by atoms with Gasteiger partial charge in [0.25, 0.3) is 0 Å². The van der Waals surface area contributed by atoms with Crippen LogP contribution in [0.3, 0.4) is 0 Å². The summed E-state index contributed by atoms with van der Waals surface area (Å²) >= 11 is 4.69. The predicted molar refractivity (Wildman–Crippen MR) is 160 cm³/mol. The van der Waals surface area contributed by atoms with Crippen LogP contribution in [0, 0.1) is 0 Å². The van der Waals surface area contributed by atoms with Crippen LogP contribution in [0.5, 0.6) is 0 Å². The van der Waals surface area contributed by atoms with Crippen LogP contribution >= 0.6 is 35.3 Å². The zero-order valence-electron chi connectivity index (χ0n) is 23.9. The lowest BCUT2D eigenvalue weighted by Gasteiger charge is -2.14. The van der Waals surface area contributed by atoms with Crippen LogP contribution in [0.15, 0.2) is 14.4 Å². The van der Waals surface area contributed by atoms with Crippen molar-refractivity contribution in [1.29, 1.82) is 0 Å². The van der Waals surface area contributed by atoms with Gasteiger partial charge in [0.2, 0.25) is 0 Å². The van der Waals surface area contributed by atoms with E-state index in [0.717, 1.165) is 13.7 Å². The molecule has 1 rings (SSSR count). The number of nitrogens with zero attached hydrogens (tertiary/aromatic N) is 3. The highest BCUT2D eigenvalue weighted by atomic mass is 32.2. The van der Waals surface area contributed by atoms with E-state index < -0.39 is 35.0 Å². The summed E-state index contributed by atoms with van der Waals surface area (Å²) in [5.74, 6) is 0.336. The molecule has 1 heterocycles. The second-order valence-electron chi connectivity index (χ2n) is 9.05. The van der Waals surface area contributed by atoms with Crippen molar-refractivity contribution in [2.75, 3.05) is 43.3 Å². The molecule has 12 nitrogen and oxygen atoms in total. The average Bonchev–Trinajstić information content (AvgIpc) is 2.88. The Morgan fingerprint density at radius 1 is 0.600 bits per heavy atom. The second kappa shape index (κ2) is 19.9. The van der Waals surface area contributed by atoms with Gasteiger partial charge >= 0.3 is 35.0 Å². The highest BCUT2D eigenvalue weighted by Crippen LogP contribution is 2.11. The van der Waals surface area contributed by atoms with Gasteiger partial charge in [-0.3, -0.25) is 14.4 Å². The maximum atomic E-state index is 13.0. The average molecular weight is 624 g/mol. The molecule has 0 radical (unpaired) electrons. The molecular weight excluding hydrogens is 582 g/mol. The fourth-order valence-electron chi connectivity index (χ4n) is 3.17. The minimum absolute atomic E-state index is 0.182. The molecule has 1 aromatic rings. The first-order valence-electron chi connectivity index (χ1n) is 13.1. The summed E-state index contributed by atoms with van der Waals surface area (Å²) in [5.41, 5.74) is -2.75. The SMILES string of the molecule is CSCCC(=O)OCCn1c(=O)n(CCOC(=O)CCSC(C)C)c(=O)n(CCOC(=O)CCSC(C)C)c1=O. The molecule has 0 N–H and O–H groups in total. The summed E-state index contributed by atoms with van der Waals surface area (Å²) in [6, 6.07) is 0. The highest BCUT2D eigenvalue weighted by Gasteiger charge is 2.17. The topological polar surface area (TPSA) is 145 Å². The standard InChI is InChI=1S/C25H41N3O9S3/c1-18(2)39-16-7-21(30)36-13-10-27-23(32)26(9-12-35-20(29)6-15-38-5)24(33)28(25(27)34)11-14-37-22(31)8-17-40-19(3)4/h18-19H,6-17H2,1-5H3. The summed E-state index contributed by atoms with van der Waals surface area (Å²) in [5, 5.41) is 0.739. The van der Waals surface area contributed by atoms with Crippen molar-refractivity contribution >= 4 is 53.2 Å². The molecule has 0 aliphatic rings. The zero-order chi connectivity index (χ0) is 30.1. The van der Waals surface area contributed by atoms with Gasteiger partial charge in [-0.2, -0.15) is 35.3 Å².